The summed E-state index contributed by atoms with van der Waals surface area (Å²) in [7, 11) is -3.22. The third kappa shape index (κ3) is 4.26. The molecule has 6 heteroatoms. The lowest BCUT2D eigenvalue weighted by molar-refractivity contribution is 0.137. The van der Waals surface area contributed by atoms with Gasteiger partial charge >= 0.3 is 0 Å². The van der Waals surface area contributed by atoms with Crippen molar-refractivity contribution >= 4 is 10.0 Å². The number of rotatable bonds is 6. The van der Waals surface area contributed by atoms with Gasteiger partial charge in [-0.2, -0.15) is 4.31 Å². The van der Waals surface area contributed by atoms with E-state index in [1.807, 2.05) is 30.3 Å². The van der Waals surface area contributed by atoms with Gasteiger partial charge in [-0.3, -0.25) is 4.90 Å². The van der Waals surface area contributed by atoms with E-state index in [2.05, 4.69) is 11.8 Å². The van der Waals surface area contributed by atoms with Crippen LogP contribution in [0.1, 0.15) is 18.9 Å². The van der Waals surface area contributed by atoms with Crippen molar-refractivity contribution < 1.29 is 8.42 Å². The summed E-state index contributed by atoms with van der Waals surface area (Å²) in [6.45, 7) is 5.41. The monoisotopic (exact) mass is 311 g/mol. The van der Waals surface area contributed by atoms with Crippen LogP contribution in [0, 0.1) is 0 Å². The third-order valence-corrected chi connectivity index (χ3v) is 5.97. The van der Waals surface area contributed by atoms with E-state index in [1.165, 1.54) is 0 Å². The van der Waals surface area contributed by atoms with Crippen molar-refractivity contribution in [1.82, 2.24) is 9.21 Å². The normalized spacial score (nSPS) is 19.5. The zero-order valence-electron chi connectivity index (χ0n) is 12.6. The molecule has 1 atom stereocenters. The fourth-order valence-electron chi connectivity index (χ4n) is 2.80. The van der Waals surface area contributed by atoms with Gasteiger partial charge in [-0.15, -0.1) is 0 Å². The Labute approximate surface area is 127 Å². The van der Waals surface area contributed by atoms with Crippen LogP contribution in [-0.4, -0.2) is 56.4 Å². The van der Waals surface area contributed by atoms with E-state index < -0.39 is 10.0 Å². The maximum Gasteiger partial charge on any atom is 0.218 e. The lowest BCUT2D eigenvalue weighted by Crippen LogP contribution is -2.53. The third-order valence-electron chi connectivity index (χ3n) is 4.12. The molecule has 0 aromatic heterocycles. The van der Waals surface area contributed by atoms with Crippen molar-refractivity contribution in [2.24, 2.45) is 5.73 Å². The van der Waals surface area contributed by atoms with Gasteiger partial charge in [0.1, 0.15) is 0 Å². The van der Waals surface area contributed by atoms with Crippen molar-refractivity contribution in [3.8, 4) is 0 Å². The summed E-state index contributed by atoms with van der Waals surface area (Å²) in [4.78, 5) is 2.30. The molecule has 0 aliphatic carbocycles. The second-order valence-corrected chi connectivity index (χ2v) is 7.44. The van der Waals surface area contributed by atoms with Crippen LogP contribution in [0.2, 0.25) is 0 Å². The van der Waals surface area contributed by atoms with Crippen LogP contribution in [0.4, 0.5) is 0 Å². The van der Waals surface area contributed by atoms with Gasteiger partial charge in [0.25, 0.3) is 0 Å². The van der Waals surface area contributed by atoms with E-state index >= 15 is 0 Å². The largest absolute Gasteiger partial charge is 0.329 e. The Bertz CT molecular complexity index is 521. The molecule has 1 heterocycles. The molecule has 2 N–H and O–H groups in total. The van der Waals surface area contributed by atoms with Crippen LogP contribution in [0.3, 0.4) is 0 Å². The van der Waals surface area contributed by atoms with Gasteiger partial charge in [0.05, 0.1) is 5.75 Å². The van der Waals surface area contributed by atoms with Gasteiger partial charge in [0.2, 0.25) is 10.0 Å². The number of hydrogen-bond donors (Lipinski definition) is 1. The Morgan fingerprint density at radius 3 is 2.29 bits per heavy atom. The molecule has 1 aliphatic heterocycles. The van der Waals surface area contributed by atoms with Crippen molar-refractivity contribution in [2.45, 2.75) is 25.1 Å². The van der Waals surface area contributed by atoms with Crippen LogP contribution >= 0.6 is 0 Å². The molecule has 0 saturated carbocycles. The molecule has 21 heavy (non-hydrogen) atoms. The molecule has 0 spiro atoms. The van der Waals surface area contributed by atoms with Gasteiger partial charge in [-0.05, 0) is 12.0 Å². The number of nitrogens with two attached hydrogens (primary N) is 1. The molecule has 1 fully saturated rings. The summed E-state index contributed by atoms with van der Waals surface area (Å²) in [5, 5.41) is 0. The van der Waals surface area contributed by atoms with Gasteiger partial charge < -0.3 is 5.73 Å². The summed E-state index contributed by atoms with van der Waals surface area (Å²) in [6.07, 6.45) is 1.01. The smallest absolute Gasteiger partial charge is 0.218 e. The molecule has 0 amide bonds. The zero-order valence-corrected chi connectivity index (χ0v) is 13.4. The number of hydrogen-bond acceptors (Lipinski definition) is 4. The molecule has 2 rings (SSSR count). The lowest BCUT2D eigenvalue weighted by atomic mass is 10.1. The van der Waals surface area contributed by atoms with Crippen LogP contribution < -0.4 is 5.73 Å². The Balaban J connectivity index is 1.95. The molecule has 0 bridgehead atoms. The average Bonchev–Trinajstić information content (AvgIpc) is 2.50. The predicted octanol–water partition coefficient (Wildman–Crippen LogP) is 0.871. The number of sulfonamides is 1. The molecule has 1 unspecified atom stereocenters. The summed E-state index contributed by atoms with van der Waals surface area (Å²) < 4.78 is 26.5. The average molecular weight is 311 g/mol. The zero-order chi connectivity index (χ0) is 15.3. The SMILES string of the molecule is CCC(CN)N1CCN(S(=O)(=O)Cc2ccccc2)CC1. The van der Waals surface area contributed by atoms with Crippen LogP contribution in [0.15, 0.2) is 30.3 Å². The topological polar surface area (TPSA) is 66.6 Å². The highest BCUT2D eigenvalue weighted by Crippen LogP contribution is 2.15. The molecule has 0 radical (unpaired) electrons. The molecule has 1 aliphatic rings. The van der Waals surface area contributed by atoms with Crippen LogP contribution in [-0.2, 0) is 15.8 Å². The van der Waals surface area contributed by atoms with Crippen LogP contribution in [0.25, 0.3) is 0 Å². The Hall–Kier alpha value is -0.950. The molecule has 1 aromatic carbocycles. The van der Waals surface area contributed by atoms with Gasteiger partial charge in [0, 0.05) is 38.8 Å². The predicted molar refractivity (Wildman–Crippen MR) is 85.3 cm³/mol. The van der Waals surface area contributed by atoms with Crippen molar-refractivity contribution in [3.63, 3.8) is 0 Å². The number of benzene rings is 1. The second-order valence-electron chi connectivity index (χ2n) is 5.47. The number of nitrogens with zero attached hydrogens (tertiary/aromatic N) is 2. The van der Waals surface area contributed by atoms with Gasteiger partial charge in [0.15, 0.2) is 0 Å². The highest BCUT2D eigenvalue weighted by Gasteiger charge is 2.29. The highest BCUT2D eigenvalue weighted by molar-refractivity contribution is 7.88. The van der Waals surface area contributed by atoms with Crippen molar-refractivity contribution in [2.75, 3.05) is 32.7 Å². The Morgan fingerprint density at radius 1 is 1.14 bits per heavy atom. The summed E-state index contributed by atoms with van der Waals surface area (Å²) in [5.74, 6) is 0.0853. The first-order chi connectivity index (χ1) is 10.1. The summed E-state index contributed by atoms with van der Waals surface area (Å²) in [5.41, 5.74) is 6.60. The van der Waals surface area contributed by atoms with E-state index in [0.717, 1.165) is 25.1 Å². The van der Waals surface area contributed by atoms with Crippen LogP contribution in [0.5, 0.6) is 0 Å². The van der Waals surface area contributed by atoms with E-state index in [9.17, 15) is 8.42 Å². The minimum Gasteiger partial charge on any atom is -0.329 e. The lowest BCUT2D eigenvalue weighted by Gasteiger charge is -2.38. The van der Waals surface area contributed by atoms with Gasteiger partial charge in [-0.25, -0.2) is 8.42 Å². The fourth-order valence-corrected chi connectivity index (χ4v) is 4.31. The summed E-state index contributed by atoms with van der Waals surface area (Å²) >= 11 is 0. The first-order valence-corrected chi connectivity index (χ1v) is 9.13. The Kier molecular flexibility index (Phi) is 5.75. The molecule has 1 aromatic rings. The summed E-state index contributed by atoms with van der Waals surface area (Å²) in [6, 6.07) is 9.72. The van der Waals surface area contributed by atoms with Crippen molar-refractivity contribution in [3.05, 3.63) is 35.9 Å². The van der Waals surface area contributed by atoms with E-state index in [1.54, 1.807) is 4.31 Å². The van der Waals surface area contributed by atoms with E-state index in [4.69, 9.17) is 5.73 Å². The standard InChI is InChI=1S/C15H25N3O2S/c1-2-15(12-16)17-8-10-18(11-9-17)21(19,20)13-14-6-4-3-5-7-14/h3-7,15H,2,8-13,16H2,1H3. The Morgan fingerprint density at radius 2 is 1.76 bits per heavy atom. The molecular weight excluding hydrogens is 286 g/mol. The second kappa shape index (κ2) is 7.35. The van der Waals surface area contributed by atoms with Gasteiger partial charge in [-0.1, -0.05) is 37.3 Å². The van der Waals surface area contributed by atoms with E-state index in [0.29, 0.717) is 25.7 Å². The minimum atomic E-state index is -3.22. The van der Waals surface area contributed by atoms with E-state index in [-0.39, 0.29) is 5.75 Å². The molecule has 118 valence electrons. The van der Waals surface area contributed by atoms with Crippen molar-refractivity contribution in [1.29, 1.82) is 0 Å². The maximum absolute atomic E-state index is 12.5. The molecule has 5 nitrogen and oxygen atoms in total. The molecular formula is C15H25N3O2S. The minimum absolute atomic E-state index is 0.0853. The first kappa shape index (κ1) is 16.4. The quantitative estimate of drug-likeness (QED) is 0.846. The first-order valence-electron chi connectivity index (χ1n) is 7.52. The number of piperazine rings is 1. The molecule has 1 saturated heterocycles. The highest BCUT2D eigenvalue weighted by atomic mass is 32.2. The maximum atomic E-state index is 12.5. The fraction of sp³-hybridized carbons (Fsp3) is 0.600.